The van der Waals surface area contributed by atoms with Gasteiger partial charge in [0.05, 0.1) is 5.60 Å². The molecule has 17 heavy (non-hydrogen) atoms. The Morgan fingerprint density at radius 2 is 1.82 bits per heavy atom. The van der Waals surface area contributed by atoms with E-state index in [1.165, 1.54) is 32.1 Å². The minimum absolute atomic E-state index is 0.136. The lowest BCUT2D eigenvalue weighted by atomic mass is 9.78. The predicted molar refractivity (Wildman–Crippen MR) is 78.8 cm³/mol. The van der Waals surface area contributed by atoms with Crippen molar-refractivity contribution >= 4 is 15.9 Å². The van der Waals surface area contributed by atoms with Crippen LogP contribution >= 0.6 is 15.9 Å². The van der Waals surface area contributed by atoms with Gasteiger partial charge < -0.3 is 4.74 Å². The lowest BCUT2D eigenvalue weighted by molar-refractivity contribution is -0.0672. The highest BCUT2D eigenvalue weighted by Crippen LogP contribution is 2.38. The Bertz CT molecular complexity index is 211. The zero-order valence-electron chi connectivity index (χ0n) is 12.0. The third kappa shape index (κ3) is 5.30. The van der Waals surface area contributed by atoms with E-state index in [2.05, 4.69) is 43.6 Å². The van der Waals surface area contributed by atoms with Gasteiger partial charge in [-0.25, -0.2) is 0 Å². The van der Waals surface area contributed by atoms with Crippen LogP contribution in [0.4, 0.5) is 0 Å². The van der Waals surface area contributed by atoms with Gasteiger partial charge in [0, 0.05) is 11.9 Å². The molecule has 1 fully saturated rings. The summed E-state index contributed by atoms with van der Waals surface area (Å²) in [6.45, 7) is 10.1. The Morgan fingerprint density at radius 3 is 2.24 bits per heavy atom. The third-order valence-electron chi connectivity index (χ3n) is 4.10. The zero-order valence-corrected chi connectivity index (χ0v) is 13.6. The van der Waals surface area contributed by atoms with Crippen molar-refractivity contribution in [3.63, 3.8) is 0 Å². The number of hydrogen-bond donors (Lipinski definition) is 0. The van der Waals surface area contributed by atoms with E-state index in [0.29, 0.717) is 5.41 Å². The number of ether oxygens (including phenoxy) is 1. The predicted octanol–water partition coefficient (Wildman–Crippen LogP) is 5.17. The highest BCUT2D eigenvalue weighted by molar-refractivity contribution is 9.09. The SMILES string of the molecule is CCC1CCC(CBr)(OCCC(C)(C)C)CC1. The maximum atomic E-state index is 6.24. The van der Waals surface area contributed by atoms with E-state index in [1.54, 1.807) is 0 Å². The first-order valence-corrected chi connectivity index (χ1v) is 8.23. The van der Waals surface area contributed by atoms with Crippen molar-refractivity contribution in [2.75, 3.05) is 11.9 Å². The van der Waals surface area contributed by atoms with E-state index >= 15 is 0 Å². The van der Waals surface area contributed by atoms with Crippen molar-refractivity contribution in [2.45, 2.75) is 71.8 Å². The average Bonchev–Trinajstić information content (AvgIpc) is 2.28. The summed E-state index contributed by atoms with van der Waals surface area (Å²) in [5.41, 5.74) is 0.519. The molecule has 0 bridgehead atoms. The van der Waals surface area contributed by atoms with Gasteiger partial charge in [0.1, 0.15) is 0 Å². The molecular formula is C15H29BrO. The molecule has 0 aliphatic heterocycles. The fraction of sp³-hybridized carbons (Fsp3) is 1.00. The third-order valence-corrected chi connectivity index (χ3v) is 5.12. The normalized spacial score (nSPS) is 30.5. The van der Waals surface area contributed by atoms with Crippen LogP contribution in [0.25, 0.3) is 0 Å². The number of hydrogen-bond acceptors (Lipinski definition) is 1. The van der Waals surface area contributed by atoms with E-state index in [-0.39, 0.29) is 5.60 Å². The first-order chi connectivity index (χ1) is 7.91. The molecule has 0 aromatic heterocycles. The van der Waals surface area contributed by atoms with Gasteiger partial charge in [0.2, 0.25) is 0 Å². The van der Waals surface area contributed by atoms with E-state index < -0.39 is 0 Å². The molecule has 0 radical (unpaired) electrons. The van der Waals surface area contributed by atoms with Crippen molar-refractivity contribution in [3.05, 3.63) is 0 Å². The molecule has 0 aromatic carbocycles. The second-order valence-electron chi connectivity index (χ2n) is 6.83. The second-order valence-corrected chi connectivity index (χ2v) is 7.39. The van der Waals surface area contributed by atoms with Crippen molar-refractivity contribution in [3.8, 4) is 0 Å². The van der Waals surface area contributed by atoms with Crippen LogP contribution in [0.3, 0.4) is 0 Å². The Hall–Kier alpha value is 0.440. The topological polar surface area (TPSA) is 9.23 Å². The number of halogens is 1. The van der Waals surface area contributed by atoms with Crippen LogP contribution in [-0.2, 0) is 4.74 Å². The van der Waals surface area contributed by atoms with Crippen molar-refractivity contribution in [1.82, 2.24) is 0 Å². The molecule has 0 unspecified atom stereocenters. The molecule has 102 valence electrons. The van der Waals surface area contributed by atoms with Gasteiger partial charge in [-0.15, -0.1) is 0 Å². The molecule has 1 aliphatic rings. The lowest BCUT2D eigenvalue weighted by Crippen LogP contribution is -2.39. The molecule has 0 N–H and O–H groups in total. The molecule has 0 heterocycles. The molecule has 1 aliphatic carbocycles. The minimum atomic E-state index is 0.136. The van der Waals surface area contributed by atoms with Gasteiger partial charge in [0.15, 0.2) is 0 Å². The fourth-order valence-corrected chi connectivity index (χ4v) is 3.22. The van der Waals surface area contributed by atoms with Gasteiger partial charge in [-0.2, -0.15) is 0 Å². The van der Waals surface area contributed by atoms with Crippen molar-refractivity contribution in [1.29, 1.82) is 0 Å². The fourth-order valence-electron chi connectivity index (χ4n) is 2.50. The van der Waals surface area contributed by atoms with Crippen molar-refractivity contribution in [2.24, 2.45) is 11.3 Å². The quantitative estimate of drug-likeness (QED) is 0.636. The van der Waals surface area contributed by atoms with E-state index in [4.69, 9.17) is 4.74 Å². The largest absolute Gasteiger partial charge is 0.374 e. The van der Waals surface area contributed by atoms with Gasteiger partial charge in [-0.3, -0.25) is 0 Å². The summed E-state index contributed by atoms with van der Waals surface area (Å²) in [5, 5.41) is 1.00. The Morgan fingerprint density at radius 1 is 1.24 bits per heavy atom. The van der Waals surface area contributed by atoms with Crippen LogP contribution in [0.15, 0.2) is 0 Å². The maximum absolute atomic E-state index is 6.24. The van der Waals surface area contributed by atoms with Crippen LogP contribution in [0, 0.1) is 11.3 Å². The highest BCUT2D eigenvalue weighted by Gasteiger charge is 2.34. The van der Waals surface area contributed by atoms with Gasteiger partial charge in [-0.05, 0) is 43.4 Å². The van der Waals surface area contributed by atoms with Crippen LogP contribution in [0.5, 0.6) is 0 Å². The molecule has 2 heteroatoms. The van der Waals surface area contributed by atoms with E-state index in [0.717, 1.165) is 24.3 Å². The Kier molecular flexibility index (Phi) is 5.98. The molecule has 1 saturated carbocycles. The number of alkyl halides is 1. The Balaban J connectivity index is 2.37. The summed E-state index contributed by atoms with van der Waals surface area (Å²) in [6, 6.07) is 0. The first kappa shape index (κ1) is 15.5. The molecule has 1 nitrogen and oxygen atoms in total. The minimum Gasteiger partial charge on any atom is -0.374 e. The first-order valence-electron chi connectivity index (χ1n) is 7.11. The summed E-state index contributed by atoms with van der Waals surface area (Å²) in [6.07, 6.45) is 7.65. The molecular weight excluding hydrogens is 276 g/mol. The molecule has 0 saturated heterocycles. The maximum Gasteiger partial charge on any atom is 0.0779 e. The van der Waals surface area contributed by atoms with Gasteiger partial charge >= 0.3 is 0 Å². The van der Waals surface area contributed by atoms with Gasteiger partial charge in [-0.1, -0.05) is 50.0 Å². The summed E-state index contributed by atoms with van der Waals surface area (Å²) in [4.78, 5) is 0. The van der Waals surface area contributed by atoms with E-state index in [1.807, 2.05) is 0 Å². The Labute approximate surface area is 116 Å². The van der Waals surface area contributed by atoms with E-state index in [9.17, 15) is 0 Å². The average molecular weight is 305 g/mol. The summed E-state index contributed by atoms with van der Waals surface area (Å²) >= 11 is 3.67. The molecule has 0 atom stereocenters. The summed E-state index contributed by atoms with van der Waals surface area (Å²) in [7, 11) is 0. The van der Waals surface area contributed by atoms with Crippen LogP contribution in [-0.4, -0.2) is 17.5 Å². The second kappa shape index (κ2) is 6.56. The van der Waals surface area contributed by atoms with Crippen LogP contribution in [0.2, 0.25) is 0 Å². The number of rotatable bonds is 5. The summed E-state index contributed by atoms with van der Waals surface area (Å²) in [5.74, 6) is 0.938. The van der Waals surface area contributed by atoms with Crippen LogP contribution in [0.1, 0.15) is 66.2 Å². The molecule has 1 rings (SSSR count). The lowest BCUT2D eigenvalue weighted by Gasteiger charge is -2.39. The standard InChI is InChI=1S/C15H29BrO/c1-5-13-6-8-15(12-16,9-7-13)17-11-10-14(2,3)4/h13H,5-12H2,1-4H3. The smallest absolute Gasteiger partial charge is 0.0779 e. The van der Waals surface area contributed by atoms with Gasteiger partial charge in [0.25, 0.3) is 0 Å². The van der Waals surface area contributed by atoms with Crippen LogP contribution < -0.4 is 0 Å². The molecule has 0 aromatic rings. The monoisotopic (exact) mass is 304 g/mol. The highest BCUT2D eigenvalue weighted by atomic mass is 79.9. The zero-order chi connectivity index (χ0) is 12.9. The summed E-state index contributed by atoms with van der Waals surface area (Å²) < 4.78 is 6.24. The molecule has 0 amide bonds. The molecule has 0 spiro atoms. The van der Waals surface area contributed by atoms with Crippen molar-refractivity contribution < 1.29 is 4.74 Å².